The summed E-state index contributed by atoms with van der Waals surface area (Å²) in [5, 5.41) is 16.2. The number of methoxy groups -OCH3 is 1. The Hall–Kier alpha value is -2.38. The van der Waals surface area contributed by atoms with E-state index >= 15 is 0 Å². The Morgan fingerprint density at radius 3 is 2.74 bits per heavy atom. The number of ether oxygens (including phenoxy) is 1. The molecule has 2 aliphatic rings. The lowest BCUT2D eigenvalue weighted by Gasteiger charge is -2.44. The van der Waals surface area contributed by atoms with E-state index in [4.69, 9.17) is 16.3 Å². The number of likely N-dealkylation sites (tertiary alicyclic amines) is 1. The van der Waals surface area contributed by atoms with E-state index in [1.54, 1.807) is 30.6 Å². The first kappa shape index (κ1) is 23.4. The molecular formula is C27H29ClN2O3S. The van der Waals surface area contributed by atoms with Crippen LogP contribution in [0, 0.1) is 0 Å². The third kappa shape index (κ3) is 4.36. The van der Waals surface area contributed by atoms with Crippen LogP contribution in [0.3, 0.4) is 0 Å². The molecule has 1 fully saturated rings. The summed E-state index contributed by atoms with van der Waals surface area (Å²) >= 11 is 7.75. The molecule has 2 heterocycles. The van der Waals surface area contributed by atoms with E-state index in [2.05, 4.69) is 28.4 Å². The molecule has 5 rings (SSSR count). The fourth-order valence-electron chi connectivity index (χ4n) is 5.75. The topological polar surface area (TPSA) is 61.8 Å². The van der Waals surface area contributed by atoms with Crippen LogP contribution >= 0.6 is 22.9 Å². The number of hydrogen-bond donors (Lipinski definition) is 2. The number of fused-ring (bicyclic) bond motifs is 2. The predicted octanol–water partition coefficient (Wildman–Crippen LogP) is 5.07. The van der Waals surface area contributed by atoms with Gasteiger partial charge in [0.25, 0.3) is 0 Å². The van der Waals surface area contributed by atoms with Crippen LogP contribution in [0.15, 0.2) is 60.0 Å². The highest BCUT2D eigenvalue weighted by Crippen LogP contribution is 2.52. The average Bonchev–Trinajstić information content (AvgIpc) is 3.43. The number of aromatic hydroxyl groups is 1. The fraction of sp³-hybridized carbons (Fsp3) is 0.370. The molecule has 7 heteroatoms. The number of nitrogens with zero attached hydrogens (tertiary/aromatic N) is 1. The highest BCUT2D eigenvalue weighted by atomic mass is 35.5. The van der Waals surface area contributed by atoms with Gasteiger partial charge in [-0.3, -0.25) is 9.69 Å². The van der Waals surface area contributed by atoms with Crippen LogP contribution in [0.25, 0.3) is 0 Å². The second-order valence-corrected chi connectivity index (χ2v) is 10.7. The van der Waals surface area contributed by atoms with Gasteiger partial charge < -0.3 is 15.2 Å². The number of carbonyl (C=O) groups is 1. The van der Waals surface area contributed by atoms with Gasteiger partial charge in [0.15, 0.2) is 0 Å². The molecule has 0 unspecified atom stereocenters. The van der Waals surface area contributed by atoms with Gasteiger partial charge in [-0.05, 0) is 66.7 Å². The van der Waals surface area contributed by atoms with Gasteiger partial charge in [-0.15, -0.1) is 11.3 Å². The Balaban J connectivity index is 1.35. The first-order valence-electron chi connectivity index (χ1n) is 11.6. The zero-order valence-corrected chi connectivity index (χ0v) is 20.7. The number of benzene rings is 2. The Morgan fingerprint density at radius 2 is 2.00 bits per heavy atom. The number of phenols is 1. The van der Waals surface area contributed by atoms with Crippen LogP contribution in [0.5, 0.6) is 5.75 Å². The molecule has 1 spiro atoms. The van der Waals surface area contributed by atoms with E-state index in [-0.39, 0.29) is 29.2 Å². The summed E-state index contributed by atoms with van der Waals surface area (Å²) < 4.78 is 6.14. The van der Waals surface area contributed by atoms with Crippen LogP contribution in [0.2, 0.25) is 5.02 Å². The van der Waals surface area contributed by atoms with Gasteiger partial charge in [0.2, 0.25) is 5.91 Å². The van der Waals surface area contributed by atoms with Gasteiger partial charge >= 0.3 is 0 Å². The summed E-state index contributed by atoms with van der Waals surface area (Å²) in [5.41, 5.74) is 3.14. The third-order valence-electron chi connectivity index (χ3n) is 7.35. The molecule has 1 aliphatic carbocycles. The van der Waals surface area contributed by atoms with Crippen molar-refractivity contribution in [2.45, 2.75) is 43.4 Å². The van der Waals surface area contributed by atoms with Gasteiger partial charge in [-0.1, -0.05) is 41.9 Å². The predicted molar refractivity (Wildman–Crippen MR) is 135 cm³/mol. The second kappa shape index (κ2) is 9.70. The number of amides is 1. The van der Waals surface area contributed by atoms with Crippen molar-refractivity contribution >= 4 is 28.8 Å². The van der Waals surface area contributed by atoms with E-state index < -0.39 is 0 Å². The summed E-state index contributed by atoms with van der Waals surface area (Å²) in [6.07, 6.45) is 2.10. The van der Waals surface area contributed by atoms with Crippen molar-refractivity contribution in [2.24, 2.45) is 0 Å². The number of piperidine rings is 1. The molecule has 0 saturated carbocycles. The van der Waals surface area contributed by atoms with Crippen molar-refractivity contribution in [3.63, 3.8) is 0 Å². The molecule has 0 bridgehead atoms. The molecule has 178 valence electrons. The summed E-state index contributed by atoms with van der Waals surface area (Å²) in [6.45, 7) is 2.40. The number of phenolic OH excluding ortho intramolecular Hbond substituents is 1. The summed E-state index contributed by atoms with van der Waals surface area (Å²) in [7, 11) is 1.76. The third-order valence-corrected chi connectivity index (χ3v) is 8.46. The Morgan fingerprint density at radius 1 is 1.21 bits per heavy atom. The molecule has 3 aromatic rings. The SMILES string of the molecule is CO[C@H]1[C@H](NC(=O)Cc2cccs2)c2ccccc2C12CCN(Cc1cc(Cl)ccc1O)CC2. The minimum absolute atomic E-state index is 0.0234. The maximum absolute atomic E-state index is 12.9. The molecule has 2 aromatic carbocycles. The average molecular weight is 497 g/mol. The van der Waals surface area contributed by atoms with Gasteiger partial charge in [0.1, 0.15) is 5.75 Å². The number of thiophene rings is 1. The highest BCUT2D eigenvalue weighted by Gasteiger charge is 2.53. The van der Waals surface area contributed by atoms with Gasteiger partial charge in [-0.25, -0.2) is 0 Å². The molecule has 2 N–H and O–H groups in total. The van der Waals surface area contributed by atoms with E-state index in [0.717, 1.165) is 41.9 Å². The lowest BCUT2D eigenvalue weighted by atomic mass is 9.71. The van der Waals surface area contributed by atoms with Crippen molar-refractivity contribution < 1.29 is 14.6 Å². The van der Waals surface area contributed by atoms with Gasteiger partial charge in [0.05, 0.1) is 18.6 Å². The normalized spacial score (nSPS) is 21.5. The summed E-state index contributed by atoms with van der Waals surface area (Å²) in [5.74, 6) is 0.300. The zero-order chi connectivity index (χ0) is 23.7. The summed E-state index contributed by atoms with van der Waals surface area (Å²) in [4.78, 5) is 16.3. The van der Waals surface area contributed by atoms with Gasteiger partial charge in [-0.2, -0.15) is 0 Å². The zero-order valence-electron chi connectivity index (χ0n) is 19.2. The van der Waals surface area contributed by atoms with Crippen molar-refractivity contribution in [3.05, 3.63) is 86.6 Å². The smallest absolute Gasteiger partial charge is 0.225 e. The quantitative estimate of drug-likeness (QED) is 0.500. The standard InChI is InChI=1S/C27H29ClN2O3S/c1-33-26-25(29-24(32)16-20-5-4-14-34-20)21-6-2-3-7-22(21)27(26)10-12-30(13-11-27)17-18-15-19(28)8-9-23(18)31/h2-9,14-15,25-26,31H,10-13,16-17H2,1H3,(H,29,32)/t25-,26+/m1/s1. The van der Waals surface area contributed by atoms with Crippen molar-refractivity contribution in [1.29, 1.82) is 0 Å². The highest BCUT2D eigenvalue weighted by molar-refractivity contribution is 7.10. The summed E-state index contributed by atoms with van der Waals surface area (Å²) in [6, 6.07) is 17.4. The molecule has 1 aromatic heterocycles. The first-order valence-corrected chi connectivity index (χ1v) is 12.9. The van der Waals surface area contributed by atoms with E-state index in [0.29, 0.717) is 18.0 Å². The van der Waals surface area contributed by atoms with Crippen LogP contribution in [0.1, 0.15) is 40.5 Å². The molecule has 2 atom stereocenters. The number of halogens is 1. The Labute approximate surface area is 209 Å². The monoisotopic (exact) mass is 496 g/mol. The number of nitrogens with one attached hydrogen (secondary N) is 1. The van der Waals surface area contributed by atoms with Gasteiger partial charge in [0, 0.05) is 34.5 Å². The maximum atomic E-state index is 12.9. The Bertz CT molecular complexity index is 1160. The molecule has 1 saturated heterocycles. The van der Waals surface area contributed by atoms with Crippen molar-refractivity contribution in [2.75, 3.05) is 20.2 Å². The molecule has 5 nitrogen and oxygen atoms in total. The van der Waals surface area contributed by atoms with E-state index in [9.17, 15) is 9.90 Å². The van der Waals surface area contributed by atoms with Crippen LogP contribution in [-0.4, -0.2) is 42.2 Å². The molecule has 1 aliphatic heterocycles. The van der Waals surface area contributed by atoms with Crippen LogP contribution < -0.4 is 5.32 Å². The van der Waals surface area contributed by atoms with E-state index in [1.165, 1.54) is 5.56 Å². The van der Waals surface area contributed by atoms with Crippen molar-refractivity contribution in [1.82, 2.24) is 10.2 Å². The fourth-order valence-corrected chi connectivity index (χ4v) is 6.65. The van der Waals surface area contributed by atoms with Crippen LogP contribution in [-0.2, 0) is 27.9 Å². The first-order chi connectivity index (χ1) is 16.5. The molecule has 34 heavy (non-hydrogen) atoms. The van der Waals surface area contributed by atoms with Crippen LogP contribution in [0.4, 0.5) is 0 Å². The molecule has 0 radical (unpaired) electrons. The number of rotatable bonds is 6. The lowest BCUT2D eigenvalue weighted by Crippen LogP contribution is -2.50. The van der Waals surface area contributed by atoms with E-state index in [1.807, 2.05) is 29.6 Å². The Kier molecular flexibility index (Phi) is 6.67. The lowest BCUT2D eigenvalue weighted by molar-refractivity contribution is -0.122. The molecule has 1 amide bonds. The van der Waals surface area contributed by atoms with Crippen molar-refractivity contribution in [3.8, 4) is 5.75 Å². The minimum Gasteiger partial charge on any atom is -0.508 e. The number of carbonyl (C=O) groups excluding carboxylic acids is 1. The molecular weight excluding hydrogens is 468 g/mol. The minimum atomic E-state index is -0.169. The second-order valence-electron chi connectivity index (χ2n) is 9.25. The number of hydrogen-bond acceptors (Lipinski definition) is 5. The maximum Gasteiger partial charge on any atom is 0.225 e. The largest absolute Gasteiger partial charge is 0.508 e.